The maximum absolute atomic E-state index is 10.5. The Morgan fingerprint density at radius 1 is 0.893 bits per heavy atom. The number of rotatable bonds is 16. The van der Waals surface area contributed by atoms with E-state index in [1.807, 2.05) is 0 Å². The first-order valence-corrected chi connectivity index (χ1v) is 10.4. The predicted octanol–water partition coefficient (Wildman–Crippen LogP) is 3.29. The second-order valence-electron chi connectivity index (χ2n) is 7.69. The van der Waals surface area contributed by atoms with Crippen molar-refractivity contribution >= 4 is 5.97 Å². The quantitative estimate of drug-likeness (QED) is 0.310. The fourth-order valence-corrected chi connectivity index (χ4v) is 2.62. The molecule has 0 spiro atoms. The number of aliphatic carboxylic acids is 1. The van der Waals surface area contributed by atoms with Crippen LogP contribution in [0.3, 0.4) is 0 Å². The minimum Gasteiger partial charge on any atom is -0.542 e. The van der Waals surface area contributed by atoms with Gasteiger partial charge in [-0.3, -0.25) is 0 Å². The van der Waals surface area contributed by atoms with E-state index in [0.717, 1.165) is 17.6 Å². The highest BCUT2D eigenvalue weighted by molar-refractivity contribution is 5.70. The van der Waals surface area contributed by atoms with Crippen molar-refractivity contribution in [1.29, 1.82) is 0 Å². The van der Waals surface area contributed by atoms with Crippen molar-refractivity contribution in [2.24, 2.45) is 0 Å². The Bertz CT molecular complexity index is 364. The molecule has 170 valence electrons. The fourth-order valence-electron chi connectivity index (χ4n) is 2.62. The fraction of sp³-hybridized carbons (Fsp3) is 0.950. The van der Waals surface area contributed by atoms with Crippen LogP contribution in [0.1, 0.15) is 71.1 Å². The number of carbonyl (C=O) groups excluding carboxylic acids is 1. The third-order valence-electron chi connectivity index (χ3n) is 4.43. The van der Waals surface area contributed by atoms with Crippen molar-refractivity contribution in [1.82, 2.24) is 0 Å². The van der Waals surface area contributed by atoms with E-state index in [1.165, 1.54) is 70.8 Å². The van der Waals surface area contributed by atoms with E-state index >= 15 is 0 Å². The third-order valence-corrected chi connectivity index (χ3v) is 4.43. The number of alkyl halides is 3. The van der Waals surface area contributed by atoms with Crippen LogP contribution < -0.4 is 5.11 Å². The van der Waals surface area contributed by atoms with Gasteiger partial charge in [0.05, 0.1) is 40.5 Å². The molecule has 0 saturated heterocycles. The summed E-state index contributed by atoms with van der Waals surface area (Å²) in [6, 6.07) is 0. The van der Waals surface area contributed by atoms with E-state index < -0.39 is 12.1 Å². The standard InChI is InChI=1S/C18H40NO2.C2HF3O2/c1-4-5-6-7-8-9-10-11-12-13-14-19(2,3)15-17-21-18-16-20;3-2(4,5)1(6)7/h20H,4-18H2,1-3H3;(H,6,7)/q+1;/p-1. The molecule has 5 nitrogen and oxygen atoms in total. The van der Waals surface area contributed by atoms with Gasteiger partial charge in [0.25, 0.3) is 0 Å². The van der Waals surface area contributed by atoms with E-state index in [9.17, 15) is 13.2 Å². The van der Waals surface area contributed by atoms with Crippen LogP contribution in [0.2, 0.25) is 0 Å². The first-order valence-electron chi connectivity index (χ1n) is 10.4. The number of ether oxygens (including phenoxy) is 1. The molecular formula is C20H40F3NO4. The number of hydrogen-bond donors (Lipinski definition) is 1. The van der Waals surface area contributed by atoms with E-state index in [2.05, 4.69) is 21.0 Å². The zero-order valence-corrected chi connectivity index (χ0v) is 17.9. The molecule has 1 N–H and O–H groups in total. The Morgan fingerprint density at radius 3 is 1.71 bits per heavy atom. The molecule has 0 unspecified atom stereocenters. The molecule has 0 aliphatic heterocycles. The summed E-state index contributed by atoms with van der Waals surface area (Å²) in [6.07, 6.45) is 8.80. The highest BCUT2D eigenvalue weighted by Crippen LogP contribution is 2.12. The minimum absolute atomic E-state index is 0.131. The number of aliphatic hydroxyl groups excluding tert-OH is 1. The molecule has 0 bridgehead atoms. The van der Waals surface area contributed by atoms with Gasteiger partial charge >= 0.3 is 6.18 Å². The first kappa shape index (κ1) is 29.3. The zero-order valence-electron chi connectivity index (χ0n) is 17.9. The number of halogens is 3. The van der Waals surface area contributed by atoms with Crippen LogP contribution in [0.15, 0.2) is 0 Å². The van der Waals surface area contributed by atoms with Crippen molar-refractivity contribution < 1.29 is 37.4 Å². The maximum atomic E-state index is 10.5. The van der Waals surface area contributed by atoms with Crippen LogP contribution in [0, 0.1) is 0 Å². The van der Waals surface area contributed by atoms with Crippen LogP contribution >= 0.6 is 0 Å². The number of hydrogen-bond acceptors (Lipinski definition) is 4. The normalized spacial score (nSPS) is 11.8. The van der Waals surface area contributed by atoms with Gasteiger partial charge in [-0.25, -0.2) is 0 Å². The molecule has 0 rings (SSSR count). The van der Waals surface area contributed by atoms with Crippen molar-refractivity contribution in [3.63, 3.8) is 0 Å². The molecule has 0 atom stereocenters. The van der Waals surface area contributed by atoms with E-state index in [-0.39, 0.29) is 6.61 Å². The molecule has 0 radical (unpaired) electrons. The van der Waals surface area contributed by atoms with Gasteiger partial charge in [0.2, 0.25) is 0 Å². The summed E-state index contributed by atoms with van der Waals surface area (Å²) in [7, 11) is 4.55. The van der Waals surface area contributed by atoms with Crippen molar-refractivity contribution in [2.45, 2.75) is 77.3 Å². The lowest BCUT2D eigenvalue weighted by Crippen LogP contribution is -2.43. The maximum Gasteiger partial charge on any atom is 0.430 e. The lowest BCUT2D eigenvalue weighted by Gasteiger charge is -2.29. The number of aliphatic hydroxyl groups is 1. The Kier molecular flexibility index (Phi) is 19.1. The molecule has 0 aromatic rings. The number of nitrogens with zero attached hydrogens (tertiary/aromatic N) is 1. The Hall–Kier alpha value is -0.860. The summed E-state index contributed by atoms with van der Waals surface area (Å²) in [5, 5.41) is 17.5. The van der Waals surface area contributed by atoms with Gasteiger partial charge < -0.3 is 24.2 Å². The summed E-state index contributed by atoms with van der Waals surface area (Å²) in [5.74, 6) is -3.01. The van der Waals surface area contributed by atoms with Crippen molar-refractivity contribution in [3.8, 4) is 0 Å². The Balaban J connectivity index is 0. The first-order chi connectivity index (χ1) is 13.1. The van der Waals surface area contributed by atoms with Crippen LogP contribution in [0.25, 0.3) is 0 Å². The third kappa shape index (κ3) is 23.2. The summed E-state index contributed by atoms with van der Waals surface area (Å²) < 4.78 is 37.9. The Labute approximate surface area is 168 Å². The predicted molar refractivity (Wildman–Crippen MR) is 103 cm³/mol. The Morgan fingerprint density at radius 2 is 1.32 bits per heavy atom. The molecule has 0 amide bonds. The number of likely N-dealkylation sites (N-methyl/N-ethyl adjacent to an activating group) is 1. The summed E-state index contributed by atoms with van der Waals surface area (Å²) in [4.78, 5) is 8.78. The smallest absolute Gasteiger partial charge is 0.430 e. The van der Waals surface area contributed by atoms with E-state index in [1.54, 1.807) is 0 Å². The highest BCUT2D eigenvalue weighted by Gasteiger charge is 2.28. The topological polar surface area (TPSA) is 69.6 Å². The van der Waals surface area contributed by atoms with E-state index in [0.29, 0.717) is 6.61 Å². The molecule has 0 aromatic carbocycles. The highest BCUT2D eigenvalue weighted by atomic mass is 19.4. The molecule has 0 aliphatic rings. The van der Waals surface area contributed by atoms with Crippen molar-refractivity contribution in [3.05, 3.63) is 0 Å². The molecule has 8 heteroatoms. The molecule has 0 fully saturated rings. The lowest BCUT2D eigenvalue weighted by molar-refractivity contribution is -0.891. The van der Waals surface area contributed by atoms with Gasteiger partial charge in [0.15, 0.2) is 0 Å². The number of carbonyl (C=O) groups is 1. The number of quaternary nitrogens is 1. The zero-order chi connectivity index (χ0) is 21.9. The second kappa shape index (κ2) is 18.2. The summed E-state index contributed by atoms with van der Waals surface area (Å²) >= 11 is 0. The average molecular weight is 416 g/mol. The van der Waals surface area contributed by atoms with Gasteiger partial charge in [0.1, 0.15) is 12.5 Å². The van der Waals surface area contributed by atoms with Crippen LogP contribution in [-0.4, -0.2) is 68.7 Å². The van der Waals surface area contributed by atoms with Gasteiger partial charge in [-0.15, -0.1) is 0 Å². The van der Waals surface area contributed by atoms with Crippen LogP contribution in [0.4, 0.5) is 13.2 Å². The monoisotopic (exact) mass is 415 g/mol. The van der Waals surface area contributed by atoms with Crippen LogP contribution in [-0.2, 0) is 9.53 Å². The SMILES string of the molecule is CCCCCCCCCCCC[N+](C)(C)CCOCCO.O=C([O-])C(F)(F)F. The number of carboxylic acids is 1. The summed E-state index contributed by atoms with van der Waals surface area (Å²) in [6.45, 7) is 5.91. The van der Waals surface area contributed by atoms with Gasteiger partial charge in [-0.05, 0) is 12.8 Å². The molecule has 0 saturated carbocycles. The molecule has 28 heavy (non-hydrogen) atoms. The van der Waals surface area contributed by atoms with E-state index in [4.69, 9.17) is 19.7 Å². The molecule has 0 aromatic heterocycles. The summed E-state index contributed by atoms with van der Waals surface area (Å²) in [5.41, 5.74) is 0. The number of unbranched alkanes of at least 4 members (excludes halogenated alkanes) is 9. The number of carboxylic acid groups (broad SMARTS) is 1. The van der Waals surface area contributed by atoms with Gasteiger partial charge in [0, 0.05) is 0 Å². The van der Waals surface area contributed by atoms with Crippen molar-refractivity contribution in [2.75, 3.05) is 47.0 Å². The van der Waals surface area contributed by atoms with Gasteiger partial charge in [-0.1, -0.05) is 58.3 Å². The average Bonchev–Trinajstić information content (AvgIpc) is 2.60. The molecule has 0 aliphatic carbocycles. The second-order valence-corrected chi connectivity index (χ2v) is 7.69. The minimum atomic E-state index is -5.19. The molecular weight excluding hydrogens is 375 g/mol. The van der Waals surface area contributed by atoms with Crippen LogP contribution in [0.5, 0.6) is 0 Å². The molecule has 0 heterocycles. The largest absolute Gasteiger partial charge is 0.542 e. The van der Waals surface area contributed by atoms with Gasteiger partial charge in [-0.2, -0.15) is 13.2 Å². The lowest BCUT2D eigenvalue weighted by atomic mass is 10.1.